The van der Waals surface area contributed by atoms with Gasteiger partial charge in [-0.15, -0.1) is 0 Å². The Balaban J connectivity index is 1.67. The number of hydrogen-bond acceptors (Lipinski definition) is 4. The minimum Gasteiger partial charge on any atom is -0.354 e. The number of hydrogen-bond donors (Lipinski definition) is 0. The molecule has 6 nitrogen and oxygen atoms in total. The molecule has 136 valence electrons. The fourth-order valence-electron chi connectivity index (χ4n) is 4.36. The highest BCUT2D eigenvalue weighted by Gasteiger charge is 2.63. The second-order valence-electron chi connectivity index (χ2n) is 7.40. The first kappa shape index (κ1) is 17.0. The van der Waals surface area contributed by atoms with Crippen LogP contribution in [-0.4, -0.2) is 55.0 Å². The maximum atomic E-state index is 13.2. The van der Waals surface area contributed by atoms with Crippen molar-refractivity contribution in [2.45, 2.75) is 55.7 Å². The Kier molecular flexibility index (Phi) is 3.94. The van der Waals surface area contributed by atoms with E-state index in [2.05, 4.69) is 13.8 Å². The SMILES string of the molecule is CC(C)c1ccc(S(=O)(=O)N2CC[C@@]34OCCCN3C(=O)C[C@@H]24)cc1. The van der Waals surface area contributed by atoms with Gasteiger partial charge in [-0.25, -0.2) is 8.42 Å². The van der Waals surface area contributed by atoms with E-state index in [4.69, 9.17) is 4.74 Å². The van der Waals surface area contributed by atoms with E-state index in [0.717, 1.165) is 12.0 Å². The lowest BCUT2D eigenvalue weighted by atomic mass is 10.0. The summed E-state index contributed by atoms with van der Waals surface area (Å²) in [6.07, 6.45) is 1.57. The Morgan fingerprint density at radius 3 is 2.60 bits per heavy atom. The van der Waals surface area contributed by atoms with Gasteiger partial charge in [-0.05, 0) is 30.0 Å². The van der Waals surface area contributed by atoms with E-state index in [1.54, 1.807) is 17.0 Å². The van der Waals surface area contributed by atoms with Gasteiger partial charge in [0.25, 0.3) is 0 Å². The molecule has 0 saturated carbocycles. The minimum atomic E-state index is -3.64. The molecule has 4 rings (SSSR count). The summed E-state index contributed by atoms with van der Waals surface area (Å²) in [6, 6.07) is 6.66. The van der Waals surface area contributed by atoms with Crippen molar-refractivity contribution in [3.63, 3.8) is 0 Å². The highest BCUT2D eigenvalue weighted by Crippen LogP contribution is 2.46. The largest absolute Gasteiger partial charge is 0.354 e. The van der Waals surface area contributed by atoms with Crippen LogP contribution in [0, 0.1) is 0 Å². The van der Waals surface area contributed by atoms with Crippen LogP contribution >= 0.6 is 0 Å². The summed E-state index contributed by atoms with van der Waals surface area (Å²) < 4.78 is 33.8. The molecule has 25 heavy (non-hydrogen) atoms. The van der Waals surface area contributed by atoms with Gasteiger partial charge in [-0.2, -0.15) is 4.31 Å². The third kappa shape index (κ3) is 2.44. The lowest BCUT2D eigenvalue weighted by Gasteiger charge is -2.42. The molecule has 0 radical (unpaired) electrons. The van der Waals surface area contributed by atoms with Crippen LogP contribution < -0.4 is 0 Å². The third-order valence-electron chi connectivity index (χ3n) is 5.72. The molecule has 0 bridgehead atoms. The Labute approximate surface area is 148 Å². The first-order chi connectivity index (χ1) is 11.9. The zero-order valence-electron chi connectivity index (χ0n) is 14.6. The second-order valence-corrected chi connectivity index (χ2v) is 9.29. The molecule has 1 amide bonds. The van der Waals surface area contributed by atoms with Crippen LogP contribution in [-0.2, 0) is 19.6 Å². The number of ether oxygens (including phenoxy) is 1. The predicted molar refractivity (Wildman–Crippen MR) is 92.5 cm³/mol. The fraction of sp³-hybridized carbons (Fsp3) is 0.611. The lowest BCUT2D eigenvalue weighted by Crippen LogP contribution is -2.56. The van der Waals surface area contributed by atoms with Gasteiger partial charge in [0.15, 0.2) is 5.72 Å². The second kappa shape index (κ2) is 5.79. The molecule has 1 aromatic carbocycles. The molecule has 3 aliphatic heterocycles. The fourth-order valence-corrected chi connectivity index (χ4v) is 6.02. The zero-order valence-corrected chi connectivity index (χ0v) is 15.5. The quantitative estimate of drug-likeness (QED) is 0.822. The van der Waals surface area contributed by atoms with Crippen molar-refractivity contribution < 1.29 is 17.9 Å². The summed E-state index contributed by atoms with van der Waals surface area (Å²) in [7, 11) is -3.64. The van der Waals surface area contributed by atoms with Crippen LogP contribution in [0.25, 0.3) is 0 Å². The van der Waals surface area contributed by atoms with E-state index in [9.17, 15) is 13.2 Å². The maximum absolute atomic E-state index is 13.2. The van der Waals surface area contributed by atoms with E-state index in [0.29, 0.717) is 32.0 Å². The Morgan fingerprint density at radius 1 is 1.20 bits per heavy atom. The Bertz CT molecular complexity index is 790. The van der Waals surface area contributed by atoms with Crippen molar-refractivity contribution in [1.29, 1.82) is 0 Å². The number of carbonyl (C=O) groups excluding carboxylic acids is 1. The molecule has 3 heterocycles. The zero-order chi connectivity index (χ0) is 17.8. The number of sulfonamides is 1. The average Bonchev–Trinajstić information content (AvgIpc) is 3.07. The van der Waals surface area contributed by atoms with Crippen molar-refractivity contribution >= 4 is 15.9 Å². The molecule has 3 aliphatic rings. The molecule has 3 saturated heterocycles. The third-order valence-corrected chi connectivity index (χ3v) is 7.64. The van der Waals surface area contributed by atoms with Crippen molar-refractivity contribution in [2.75, 3.05) is 19.7 Å². The molecular weight excluding hydrogens is 340 g/mol. The number of carbonyl (C=O) groups is 1. The predicted octanol–water partition coefficient (Wildman–Crippen LogP) is 1.92. The van der Waals surface area contributed by atoms with Crippen LogP contribution in [0.3, 0.4) is 0 Å². The van der Waals surface area contributed by atoms with Crippen molar-refractivity contribution in [2.24, 2.45) is 0 Å². The molecule has 1 aromatic rings. The number of amides is 1. The molecule has 1 spiro atoms. The topological polar surface area (TPSA) is 66.9 Å². The Hall–Kier alpha value is -1.44. The molecule has 7 heteroatoms. The van der Waals surface area contributed by atoms with E-state index >= 15 is 0 Å². The van der Waals surface area contributed by atoms with Gasteiger partial charge in [0.2, 0.25) is 15.9 Å². The van der Waals surface area contributed by atoms with Gasteiger partial charge in [-0.3, -0.25) is 4.79 Å². The van der Waals surface area contributed by atoms with Gasteiger partial charge in [0.05, 0.1) is 17.5 Å². The molecule has 3 fully saturated rings. The summed E-state index contributed by atoms with van der Waals surface area (Å²) in [5.41, 5.74) is 0.356. The molecular formula is C18H24N2O4S. The molecule has 0 unspecified atom stereocenters. The normalized spacial score (nSPS) is 30.0. The van der Waals surface area contributed by atoms with Crippen molar-refractivity contribution in [3.8, 4) is 0 Å². The monoisotopic (exact) mass is 364 g/mol. The van der Waals surface area contributed by atoms with Crippen LogP contribution in [0.4, 0.5) is 0 Å². The molecule has 0 aromatic heterocycles. The summed E-state index contributed by atoms with van der Waals surface area (Å²) in [6.45, 7) is 5.78. The van der Waals surface area contributed by atoms with Crippen molar-refractivity contribution in [3.05, 3.63) is 29.8 Å². The number of nitrogens with zero attached hydrogens (tertiary/aromatic N) is 2. The highest BCUT2D eigenvalue weighted by atomic mass is 32.2. The van der Waals surface area contributed by atoms with E-state index in [-0.39, 0.29) is 17.2 Å². The van der Waals surface area contributed by atoms with E-state index in [1.807, 2.05) is 12.1 Å². The van der Waals surface area contributed by atoms with Gasteiger partial charge < -0.3 is 9.64 Å². The van der Waals surface area contributed by atoms with Crippen LogP contribution in [0.2, 0.25) is 0 Å². The highest BCUT2D eigenvalue weighted by molar-refractivity contribution is 7.89. The number of rotatable bonds is 3. The first-order valence-corrected chi connectivity index (χ1v) is 10.4. The van der Waals surface area contributed by atoms with Crippen LogP contribution in [0.1, 0.15) is 44.6 Å². The van der Waals surface area contributed by atoms with Gasteiger partial charge >= 0.3 is 0 Å². The summed E-state index contributed by atoms with van der Waals surface area (Å²) in [4.78, 5) is 14.4. The van der Waals surface area contributed by atoms with Crippen LogP contribution in [0.5, 0.6) is 0 Å². The van der Waals surface area contributed by atoms with E-state index in [1.165, 1.54) is 4.31 Å². The van der Waals surface area contributed by atoms with E-state index < -0.39 is 21.8 Å². The first-order valence-electron chi connectivity index (χ1n) is 8.92. The van der Waals surface area contributed by atoms with Gasteiger partial charge in [0, 0.05) is 25.9 Å². The van der Waals surface area contributed by atoms with Gasteiger partial charge in [-0.1, -0.05) is 26.0 Å². The molecule has 0 N–H and O–H groups in total. The standard InChI is InChI=1S/C18H24N2O4S/c1-13(2)14-4-6-15(7-5-14)25(22,23)20-10-8-18-16(20)12-17(21)19(18)9-3-11-24-18/h4-7,13,16H,3,8-12H2,1-2H3/t16-,18+/m1/s1. The smallest absolute Gasteiger partial charge is 0.243 e. The Morgan fingerprint density at radius 2 is 1.92 bits per heavy atom. The maximum Gasteiger partial charge on any atom is 0.243 e. The van der Waals surface area contributed by atoms with Crippen LogP contribution in [0.15, 0.2) is 29.2 Å². The molecule has 0 aliphatic carbocycles. The lowest BCUT2D eigenvalue weighted by molar-refractivity contribution is -0.178. The van der Waals surface area contributed by atoms with Gasteiger partial charge in [0.1, 0.15) is 0 Å². The van der Waals surface area contributed by atoms with Crippen molar-refractivity contribution in [1.82, 2.24) is 9.21 Å². The number of benzene rings is 1. The summed E-state index contributed by atoms with van der Waals surface area (Å²) in [5, 5.41) is 0. The minimum absolute atomic E-state index is 0.000226. The summed E-state index contributed by atoms with van der Waals surface area (Å²) in [5.74, 6) is 0.350. The summed E-state index contributed by atoms with van der Waals surface area (Å²) >= 11 is 0. The molecule has 2 atom stereocenters. The average molecular weight is 364 g/mol.